The topological polar surface area (TPSA) is 64.6 Å². The molecular formula is C22H27NO4. The third kappa shape index (κ3) is 7.13. The summed E-state index contributed by atoms with van der Waals surface area (Å²) in [6, 6.07) is 14.8. The van der Waals surface area contributed by atoms with Crippen LogP contribution in [0, 0.1) is 0 Å². The molecule has 0 bridgehead atoms. The summed E-state index contributed by atoms with van der Waals surface area (Å²) >= 11 is 0. The van der Waals surface area contributed by atoms with Gasteiger partial charge < -0.3 is 14.8 Å². The van der Waals surface area contributed by atoms with Gasteiger partial charge in [-0.3, -0.25) is 9.59 Å². The second kappa shape index (κ2) is 9.21. The highest BCUT2D eigenvalue weighted by molar-refractivity contribution is 5.89. The van der Waals surface area contributed by atoms with Crippen molar-refractivity contribution >= 4 is 17.6 Å². The molecule has 2 aromatic carbocycles. The summed E-state index contributed by atoms with van der Waals surface area (Å²) in [7, 11) is 0. The van der Waals surface area contributed by atoms with Gasteiger partial charge in [0.25, 0.3) is 0 Å². The molecule has 0 aliphatic heterocycles. The van der Waals surface area contributed by atoms with Gasteiger partial charge in [0.2, 0.25) is 5.91 Å². The minimum absolute atomic E-state index is 0.111. The Labute approximate surface area is 160 Å². The summed E-state index contributed by atoms with van der Waals surface area (Å²) in [6.45, 7) is 8.37. The van der Waals surface area contributed by atoms with Crippen molar-refractivity contribution in [2.45, 2.75) is 46.0 Å². The molecule has 1 amide bonds. The number of carbonyl (C=O) groups is 2. The lowest BCUT2D eigenvalue weighted by molar-refractivity contribution is -0.134. The zero-order chi connectivity index (χ0) is 19.9. The molecule has 1 N–H and O–H groups in total. The Kier molecular flexibility index (Phi) is 6.99. The third-order valence-corrected chi connectivity index (χ3v) is 3.90. The molecule has 0 saturated carbocycles. The van der Waals surface area contributed by atoms with Gasteiger partial charge in [0, 0.05) is 25.1 Å². The molecule has 0 saturated heterocycles. The van der Waals surface area contributed by atoms with E-state index in [2.05, 4.69) is 38.2 Å². The Morgan fingerprint density at radius 2 is 1.70 bits per heavy atom. The van der Waals surface area contributed by atoms with Crippen LogP contribution in [0.5, 0.6) is 11.5 Å². The first-order chi connectivity index (χ1) is 12.7. The van der Waals surface area contributed by atoms with E-state index in [0.717, 1.165) is 5.75 Å². The Morgan fingerprint density at radius 1 is 1.00 bits per heavy atom. The van der Waals surface area contributed by atoms with Crippen LogP contribution in [-0.2, 0) is 15.0 Å². The van der Waals surface area contributed by atoms with Crippen LogP contribution >= 0.6 is 0 Å². The van der Waals surface area contributed by atoms with Crippen molar-refractivity contribution < 1.29 is 19.1 Å². The lowest BCUT2D eigenvalue weighted by atomic mass is 9.87. The number of ether oxygens (including phenoxy) is 2. The maximum absolute atomic E-state index is 11.9. The van der Waals surface area contributed by atoms with Gasteiger partial charge in [-0.25, -0.2) is 0 Å². The highest BCUT2D eigenvalue weighted by atomic mass is 16.5. The highest BCUT2D eigenvalue weighted by Crippen LogP contribution is 2.24. The first-order valence-corrected chi connectivity index (χ1v) is 9.06. The molecule has 2 aromatic rings. The van der Waals surface area contributed by atoms with Gasteiger partial charge in [0.1, 0.15) is 11.5 Å². The quantitative estimate of drug-likeness (QED) is 0.436. The van der Waals surface area contributed by atoms with E-state index in [9.17, 15) is 9.59 Å². The molecule has 2 rings (SSSR count). The predicted octanol–water partition coefficient (Wildman–Crippen LogP) is 4.71. The minimum atomic E-state index is -0.332. The van der Waals surface area contributed by atoms with E-state index in [-0.39, 0.29) is 23.7 Å². The van der Waals surface area contributed by atoms with E-state index in [0.29, 0.717) is 24.5 Å². The number of nitrogens with one attached hydrogen (secondary N) is 1. The minimum Gasteiger partial charge on any atom is -0.494 e. The number of hydrogen-bond acceptors (Lipinski definition) is 4. The van der Waals surface area contributed by atoms with Crippen molar-refractivity contribution in [3.05, 3.63) is 54.1 Å². The number of carbonyl (C=O) groups excluding carboxylic acids is 2. The van der Waals surface area contributed by atoms with Gasteiger partial charge in [-0.05, 0) is 41.7 Å². The van der Waals surface area contributed by atoms with Gasteiger partial charge in [-0.2, -0.15) is 0 Å². The summed E-state index contributed by atoms with van der Waals surface area (Å²) in [6.07, 6.45) is 0.815. The number of anilines is 1. The standard InChI is InChI=1S/C22H27NO4/c1-16(24)23-18-7-5-8-20(15-18)27-21(25)9-6-14-26-19-12-10-17(11-13-19)22(2,3)4/h5,7-8,10-13,15H,6,9,14H2,1-4H3,(H,23,24). The Bertz CT molecular complexity index is 776. The average Bonchev–Trinajstić information content (AvgIpc) is 2.58. The smallest absolute Gasteiger partial charge is 0.311 e. The van der Waals surface area contributed by atoms with Crippen LogP contribution in [0.1, 0.15) is 46.1 Å². The van der Waals surface area contributed by atoms with Crippen molar-refractivity contribution in [1.29, 1.82) is 0 Å². The Morgan fingerprint density at radius 3 is 2.33 bits per heavy atom. The van der Waals surface area contributed by atoms with Crippen LogP contribution in [0.15, 0.2) is 48.5 Å². The molecule has 0 spiro atoms. The molecule has 5 heteroatoms. The van der Waals surface area contributed by atoms with Crippen molar-refractivity contribution in [3.8, 4) is 11.5 Å². The molecule has 144 valence electrons. The normalized spacial score (nSPS) is 11.0. The zero-order valence-electron chi connectivity index (χ0n) is 16.4. The molecule has 5 nitrogen and oxygen atoms in total. The SMILES string of the molecule is CC(=O)Nc1cccc(OC(=O)CCCOc2ccc(C(C)(C)C)cc2)c1. The fourth-order valence-corrected chi connectivity index (χ4v) is 2.48. The second-order valence-corrected chi connectivity index (χ2v) is 7.41. The number of rotatable bonds is 7. The van der Waals surface area contributed by atoms with E-state index in [1.807, 2.05) is 12.1 Å². The van der Waals surface area contributed by atoms with Gasteiger partial charge >= 0.3 is 5.97 Å². The summed E-state index contributed by atoms with van der Waals surface area (Å²) < 4.78 is 11.0. The Hall–Kier alpha value is -2.82. The highest BCUT2D eigenvalue weighted by Gasteiger charge is 2.13. The van der Waals surface area contributed by atoms with E-state index < -0.39 is 0 Å². The maximum atomic E-state index is 11.9. The van der Waals surface area contributed by atoms with E-state index in [1.165, 1.54) is 12.5 Å². The molecule has 0 aliphatic carbocycles. The van der Waals surface area contributed by atoms with Gasteiger partial charge in [-0.15, -0.1) is 0 Å². The summed E-state index contributed by atoms with van der Waals surface area (Å²) in [4.78, 5) is 23.0. The molecule has 0 fully saturated rings. The fraction of sp³-hybridized carbons (Fsp3) is 0.364. The molecule has 0 aliphatic rings. The van der Waals surface area contributed by atoms with Crippen LogP contribution in [0.3, 0.4) is 0 Å². The van der Waals surface area contributed by atoms with Crippen molar-refractivity contribution in [1.82, 2.24) is 0 Å². The lowest BCUT2D eigenvalue weighted by Gasteiger charge is -2.19. The van der Waals surface area contributed by atoms with Gasteiger partial charge in [0.15, 0.2) is 0 Å². The average molecular weight is 369 g/mol. The number of benzene rings is 2. The van der Waals surface area contributed by atoms with Crippen LogP contribution in [-0.4, -0.2) is 18.5 Å². The number of amides is 1. The maximum Gasteiger partial charge on any atom is 0.311 e. The third-order valence-electron chi connectivity index (χ3n) is 3.90. The van der Waals surface area contributed by atoms with E-state index in [1.54, 1.807) is 24.3 Å². The van der Waals surface area contributed by atoms with Crippen molar-refractivity contribution in [2.24, 2.45) is 0 Å². The molecule has 0 atom stereocenters. The first kappa shape index (κ1) is 20.5. The van der Waals surface area contributed by atoms with Crippen LogP contribution in [0.2, 0.25) is 0 Å². The van der Waals surface area contributed by atoms with Gasteiger partial charge in [0.05, 0.1) is 6.61 Å². The second-order valence-electron chi connectivity index (χ2n) is 7.41. The lowest BCUT2D eigenvalue weighted by Crippen LogP contribution is -2.11. The number of esters is 1. The summed E-state index contributed by atoms with van der Waals surface area (Å²) in [5.41, 5.74) is 1.95. The monoisotopic (exact) mass is 369 g/mol. The van der Waals surface area contributed by atoms with Crippen LogP contribution in [0.25, 0.3) is 0 Å². The van der Waals surface area contributed by atoms with Crippen molar-refractivity contribution in [2.75, 3.05) is 11.9 Å². The zero-order valence-corrected chi connectivity index (χ0v) is 16.4. The molecule has 0 heterocycles. The van der Waals surface area contributed by atoms with Gasteiger partial charge in [-0.1, -0.05) is 39.0 Å². The first-order valence-electron chi connectivity index (χ1n) is 9.06. The Balaban J connectivity index is 1.74. The van der Waals surface area contributed by atoms with E-state index in [4.69, 9.17) is 9.47 Å². The summed E-state index contributed by atoms with van der Waals surface area (Å²) in [5.74, 6) is 0.692. The molecular weight excluding hydrogens is 342 g/mol. The molecule has 0 unspecified atom stereocenters. The number of hydrogen-bond donors (Lipinski definition) is 1. The van der Waals surface area contributed by atoms with E-state index >= 15 is 0 Å². The molecule has 0 radical (unpaired) electrons. The van der Waals surface area contributed by atoms with Crippen molar-refractivity contribution in [3.63, 3.8) is 0 Å². The molecule has 0 aromatic heterocycles. The van der Waals surface area contributed by atoms with Crippen LogP contribution in [0.4, 0.5) is 5.69 Å². The molecule has 27 heavy (non-hydrogen) atoms. The predicted molar refractivity (Wildman–Crippen MR) is 106 cm³/mol. The van der Waals surface area contributed by atoms with Crippen LogP contribution < -0.4 is 14.8 Å². The largest absolute Gasteiger partial charge is 0.494 e. The fourth-order valence-electron chi connectivity index (χ4n) is 2.48. The summed E-state index contributed by atoms with van der Waals surface area (Å²) in [5, 5.41) is 2.65.